The van der Waals surface area contributed by atoms with Crippen LogP contribution < -0.4 is 20.1 Å². The number of benzene rings is 2. The van der Waals surface area contributed by atoms with Crippen LogP contribution >= 0.6 is 27.7 Å². The SMILES string of the molecule is COc1cc(/C=C2\SC(=O)NC2=O)ccc1OCC(=O)Nc1ccc(Br)c(C)c1C. The second kappa shape index (κ2) is 9.36. The van der Waals surface area contributed by atoms with Crippen molar-refractivity contribution in [2.24, 2.45) is 0 Å². The zero-order valence-electron chi connectivity index (χ0n) is 16.5. The Morgan fingerprint density at radius 1 is 1.17 bits per heavy atom. The van der Waals surface area contributed by atoms with Crippen molar-refractivity contribution in [3.8, 4) is 11.5 Å². The molecule has 0 atom stereocenters. The monoisotopic (exact) mass is 490 g/mol. The maximum atomic E-state index is 12.3. The molecule has 1 aliphatic rings. The summed E-state index contributed by atoms with van der Waals surface area (Å²) in [5.74, 6) is 0.0608. The normalized spacial score (nSPS) is 14.6. The highest BCUT2D eigenvalue weighted by molar-refractivity contribution is 9.10. The van der Waals surface area contributed by atoms with E-state index in [9.17, 15) is 14.4 Å². The smallest absolute Gasteiger partial charge is 0.290 e. The maximum Gasteiger partial charge on any atom is 0.290 e. The fourth-order valence-electron chi connectivity index (χ4n) is 2.72. The van der Waals surface area contributed by atoms with Gasteiger partial charge < -0.3 is 14.8 Å². The summed E-state index contributed by atoms with van der Waals surface area (Å²) in [6.07, 6.45) is 1.59. The molecule has 7 nitrogen and oxygen atoms in total. The topological polar surface area (TPSA) is 93.7 Å². The summed E-state index contributed by atoms with van der Waals surface area (Å²) < 4.78 is 11.9. The van der Waals surface area contributed by atoms with Gasteiger partial charge in [0.25, 0.3) is 17.1 Å². The lowest BCUT2D eigenvalue weighted by Gasteiger charge is -2.14. The van der Waals surface area contributed by atoms with Crippen molar-refractivity contribution in [2.45, 2.75) is 13.8 Å². The van der Waals surface area contributed by atoms with Crippen LogP contribution in [0.2, 0.25) is 0 Å². The molecule has 0 spiro atoms. The summed E-state index contributed by atoms with van der Waals surface area (Å²) in [6, 6.07) is 8.73. The number of hydrogen-bond donors (Lipinski definition) is 2. The van der Waals surface area contributed by atoms with Gasteiger partial charge in [-0.25, -0.2) is 0 Å². The third kappa shape index (κ3) is 5.03. The molecule has 0 saturated carbocycles. The molecular weight excluding hydrogens is 472 g/mol. The summed E-state index contributed by atoms with van der Waals surface area (Å²) in [6.45, 7) is 3.71. The Labute approximate surface area is 186 Å². The Bertz CT molecular complexity index is 1070. The first kappa shape index (κ1) is 21.9. The number of thioether (sulfide) groups is 1. The first-order chi connectivity index (χ1) is 14.3. The van der Waals surface area contributed by atoms with Gasteiger partial charge in [0.15, 0.2) is 18.1 Å². The van der Waals surface area contributed by atoms with Crippen molar-refractivity contribution in [2.75, 3.05) is 19.0 Å². The molecule has 2 N–H and O–H groups in total. The number of halogens is 1. The predicted octanol–water partition coefficient (Wildman–Crippen LogP) is 4.42. The minimum absolute atomic E-state index is 0.196. The van der Waals surface area contributed by atoms with Gasteiger partial charge in [-0.2, -0.15) is 0 Å². The lowest BCUT2D eigenvalue weighted by molar-refractivity contribution is -0.118. The van der Waals surface area contributed by atoms with Crippen LogP contribution in [0.5, 0.6) is 11.5 Å². The number of ether oxygens (including phenoxy) is 2. The molecule has 0 aliphatic carbocycles. The first-order valence-electron chi connectivity index (χ1n) is 8.89. The quantitative estimate of drug-likeness (QED) is 0.582. The minimum Gasteiger partial charge on any atom is -0.493 e. The highest BCUT2D eigenvalue weighted by atomic mass is 79.9. The molecule has 3 rings (SSSR count). The summed E-state index contributed by atoms with van der Waals surface area (Å²) in [4.78, 5) is 35.6. The maximum absolute atomic E-state index is 12.3. The van der Waals surface area contributed by atoms with Crippen molar-refractivity contribution in [3.63, 3.8) is 0 Å². The zero-order chi connectivity index (χ0) is 21.8. The molecule has 2 aromatic carbocycles. The number of methoxy groups -OCH3 is 1. The summed E-state index contributed by atoms with van der Waals surface area (Å²) in [5.41, 5.74) is 3.41. The van der Waals surface area contributed by atoms with Crippen LogP contribution in [-0.2, 0) is 9.59 Å². The van der Waals surface area contributed by atoms with Crippen LogP contribution in [0.1, 0.15) is 16.7 Å². The van der Waals surface area contributed by atoms with Crippen LogP contribution in [0.4, 0.5) is 10.5 Å². The number of anilines is 1. The second-order valence-corrected chi connectivity index (χ2v) is 8.31. The number of rotatable bonds is 6. The van der Waals surface area contributed by atoms with Crippen LogP contribution in [0.3, 0.4) is 0 Å². The molecule has 1 fully saturated rings. The predicted molar refractivity (Wildman–Crippen MR) is 120 cm³/mol. The largest absolute Gasteiger partial charge is 0.493 e. The zero-order valence-corrected chi connectivity index (χ0v) is 18.9. The van der Waals surface area contributed by atoms with E-state index in [0.29, 0.717) is 22.0 Å². The van der Waals surface area contributed by atoms with E-state index in [4.69, 9.17) is 9.47 Å². The van der Waals surface area contributed by atoms with E-state index in [1.165, 1.54) is 7.11 Å². The summed E-state index contributed by atoms with van der Waals surface area (Å²) >= 11 is 4.31. The Hall–Kier alpha value is -2.78. The van der Waals surface area contributed by atoms with Gasteiger partial charge in [0, 0.05) is 10.2 Å². The van der Waals surface area contributed by atoms with Gasteiger partial charge >= 0.3 is 0 Å². The molecule has 0 radical (unpaired) electrons. The Morgan fingerprint density at radius 3 is 2.60 bits per heavy atom. The van der Waals surface area contributed by atoms with Crippen molar-refractivity contribution < 1.29 is 23.9 Å². The molecule has 1 saturated heterocycles. The molecule has 30 heavy (non-hydrogen) atoms. The van der Waals surface area contributed by atoms with Crippen molar-refractivity contribution >= 4 is 56.5 Å². The van der Waals surface area contributed by atoms with Crippen LogP contribution in [-0.4, -0.2) is 30.8 Å². The number of carbonyl (C=O) groups is 3. The van der Waals surface area contributed by atoms with Gasteiger partial charge in [0.2, 0.25) is 0 Å². The standard InChI is InChI=1S/C21H19BrN2O5S/c1-11-12(2)15(6-5-14(11)22)23-19(25)10-29-16-7-4-13(8-17(16)28-3)9-18-20(26)24-21(27)30-18/h4-9H,10H2,1-3H3,(H,23,25)(H,24,26,27)/b18-9-. The Morgan fingerprint density at radius 2 is 1.93 bits per heavy atom. The molecule has 1 aliphatic heterocycles. The number of carbonyl (C=O) groups excluding carboxylic acids is 3. The molecular formula is C21H19BrN2O5S. The lowest BCUT2D eigenvalue weighted by atomic mass is 10.1. The number of nitrogens with one attached hydrogen (secondary N) is 2. The van der Waals surface area contributed by atoms with E-state index >= 15 is 0 Å². The first-order valence-corrected chi connectivity index (χ1v) is 10.5. The van der Waals surface area contributed by atoms with Gasteiger partial charge in [-0.15, -0.1) is 0 Å². The van der Waals surface area contributed by atoms with Gasteiger partial charge in [-0.05, 0) is 72.6 Å². The third-order valence-electron chi connectivity index (χ3n) is 4.48. The molecule has 0 bridgehead atoms. The van der Waals surface area contributed by atoms with Crippen molar-refractivity contribution in [3.05, 3.63) is 56.4 Å². The summed E-state index contributed by atoms with van der Waals surface area (Å²) in [7, 11) is 1.48. The fraction of sp³-hybridized carbons (Fsp3) is 0.190. The van der Waals surface area contributed by atoms with Crippen LogP contribution in [0.25, 0.3) is 6.08 Å². The average molecular weight is 491 g/mol. The van der Waals surface area contributed by atoms with Crippen LogP contribution in [0.15, 0.2) is 39.7 Å². The fourth-order valence-corrected chi connectivity index (χ4v) is 3.83. The van der Waals surface area contributed by atoms with E-state index < -0.39 is 11.1 Å². The summed E-state index contributed by atoms with van der Waals surface area (Å²) in [5, 5.41) is 4.64. The number of hydrogen-bond acceptors (Lipinski definition) is 6. The van der Waals surface area contributed by atoms with E-state index in [0.717, 1.165) is 33.0 Å². The highest BCUT2D eigenvalue weighted by Gasteiger charge is 2.25. The highest BCUT2D eigenvalue weighted by Crippen LogP contribution is 2.31. The Kier molecular flexibility index (Phi) is 6.84. The minimum atomic E-state index is -0.431. The van der Waals surface area contributed by atoms with E-state index in [2.05, 4.69) is 26.6 Å². The van der Waals surface area contributed by atoms with Crippen molar-refractivity contribution in [1.82, 2.24) is 5.32 Å². The lowest BCUT2D eigenvalue weighted by Crippen LogP contribution is -2.21. The van der Waals surface area contributed by atoms with Gasteiger partial charge in [0.05, 0.1) is 12.0 Å². The molecule has 0 unspecified atom stereocenters. The van der Waals surface area contributed by atoms with E-state index in [-0.39, 0.29) is 12.5 Å². The third-order valence-corrected chi connectivity index (χ3v) is 6.15. The average Bonchev–Trinajstić information content (AvgIpc) is 3.04. The van der Waals surface area contributed by atoms with Gasteiger partial charge in [0.1, 0.15) is 0 Å². The molecule has 3 amide bonds. The Balaban J connectivity index is 1.67. The van der Waals surface area contributed by atoms with Crippen LogP contribution in [0, 0.1) is 13.8 Å². The molecule has 0 aromatic heterocycles. The van der Waals surface area contributed by atoms with Gasteiger partial charge in [-0.3, -0.25) is 19.7 Å². The van der Waals surface area contributed by atoms with Crippen molar-refractivity contribution in [1.29, 1.82) is 0 Å². The van der Waals surface area contributed by atoms with Gasteiger partial charge in [-0.1, -0.05) is 22.0 Å². The second-order valence-electron chi connectivity index (χ2n) is 6.44. The van der Waals surface area contributed by atoms with E-state index in [1.54, 1.807) is 24.3 Å². The molecule has 2 aromatic rings. The van der Waals surface area contributed by atoms with E-state index in [1.807, 2.05) is 26.0 Å². The molecule has 156 valence electrons. The number of imide groups is 1. The molecule has 9 heteroatoms. The molecule has 1 heterocycles. The number of amides is 3.